The molecule has 20 heavy (non-hydrogen) atoms. The maximum absolute atomic E-state index is 12.3. The lowest BCUT2D eigenvalue weighted by molar-refractivity contribution is 0.0677. The Balaban J connectivity index is 1.85. The molecule has 0 bridgehead atoms. The predicted molar refractivity (Wildman–Crippen MR) is 79.6 cm³/mol. The minimum atomic E-state index is 0.0376. The number of amides is 1. The van der Waals surface area contributed by atoms with E-state index in [0.717, 1.165) is 32.2 Å². The first-order valence-corrected chi connectivity index (χ1v) is 7.62. The van der Waals surface area contributed by atoms with Crippen LogP contribution >= 0.6 is 0 Å². The highest BCUT2D eigenvalue weighted by Crippen LogP contribution is 2.23. The molecule has 0 unspecified atom stereocenters. The zero-order valence-electron chi connectivity index (χ0n) is 12.8. The van der Waals surface area contributed by atoms with Gasteiger partial charge in [-0.25, -0.2) is 0 Å². The van der Waals surface area contributed by atoms with E-state index in [1.54, 1.807) is 10.7 Å². The molecule has 5 heteroatoms. The fraction of sp³-hybridized carbons (Fsp3) is 0.733. The SMILES string of the molecule is CCCNC1CCC(N(C)C(=O)c2ccn(C)n2)CC1. The number of aryl methyl sites for hydroxylation is 1. The summed E-state index contributed by atoms with van der Waals surface area (Å²) in [6.07, 6.45) is 7.46. The summed E-state index contributed by atoms with van der Waals surface area (Å²) in [5.74, 6) is 0.0376. The molecule has 0 aliphatic heterocycles. The molecule has 2 rings (SSSR count). The van der Waals surface area contributed by atoms with Gasteiger partial charge in [0.15, 0.2) is 0 Å². The predicted octanol–water partition coefficient (Wildman–Crippen LogP) is 1.80. The summed E-state index contributed by atoms with van der Waals surface area (Å²) in [7, 11) is 3.74. The summed E-state index contributed by atoms with van der Waals surface area (Å²) in [6.45, 7) is 3.29. The molecule has 1 aliphatic carbocycles. The van der Waals surface area contributed by atoms with E-state index in [1.807, 2.05) is 25.2 Å². The van der Waals surface area contributed by atoms with Crippen molar-refractivity contribution < 1.29 is 4.79 Å². The first-order valence-electron chi connectivity index (χ1n) is 7.62. The molecule has 1 aliphatic rings. The Labute approximate surface area is 121 Å². The van der Waals surface area contributed by atoms with Gasteiger partial charge in [-0.15, -0.1) is 0 Å². The Morgan fingerprint density at radius 1 is 1.45 bits per heavy atom. The number of nitrogens with one attached hydrogen (secondary N) is 1. The van der Waals surface area contributed by atoms with Crippen molar-refractivity contribution in [3.05, 3.63) is 18.0 Å². The van der Waals surface area contributed by atoms with Crippen molar-refractivity contribution >= 4 is 5.91 Å². The summed E-state index contributed by atoms with van der Waals surface area (Å²) >= 11 is 0. The van der Waals surface area contributed by atoms with Crippen LogP contribution in [-0.4, -0.2) is 46.3 Å². The van der Waals surface area contributed by atoms with Crippen LogP contribution in [0.3, 0.4) is 0 Å². The quantitative estimate of drug-likeness (QED) is 0.893. The lowest BCUT2D eigenvalue weighted by Gasteiger charge is -2.34. The van der Waals surface area contributed by atoms with Gasteiger partial charge in [-0.3, -0.25) is 9.48 Å². The standard InChI is InChI=1S/C15H26N4O/c1-4-10-16-12-5-7-13(8-6-12)19(3)15(20)14-9-11-18(2)17-14/h9,11-13,16H,4-8,10H2,1-3H3. The van der Waals surface area contributed by atoms with Crippen LogP contribution in [0.4, 0.5) is 0 Å². The van der Waals surface area contributed by atoms with Gasteiger partial charge in [0.1, 0.15) is 5.69 Å². The highest BCUT2D eigenvalue weighted by molar-refractivity contribution is 5.92. The molecule has 1 aromatic rings. The highest BCUT2D eigenvalue weighted by atomic mass is 16.2. The van der Waals surface area contributed by atoms with Gasteiger partial charge in [0.2, 0.25) is 0 Å². The third-order valence-corrected chi connectivity index (χ3v) is 4.18. The van der Waals surface area contributed by atoms with Crippen LogP contribution in [-0.2, 0) is 7.05 Å². The van der Waals surface area contributed by atoms with E-state index in [9.17, 15) is 4.79 Å². The van der Waals surface area contributed by atoms with Gasteiger partial charge in [-0.05, 0) is 44.7 Å². The van der Waals surface area contributed by atoms with Crippen LogP contribution in [0.25, 0.3) is 0 Å². The lowest BCUT2D eigenvalue weighted by atomic mass is 9.90. The van der Waals surface area contributed by atoms with Crippen LogP contribution < -0.4 is 5.32 Å². The fourth-order valence-corrected chi connectivity index (χ4v) is 2.89. The second-order valence-electron chi connectivity index (χ2n) is 5.75. The zero-order valence-corrected chi connectivity index (χ0v) is 12.8. The smallest absolute Gasteiger partial charge is 0.274 e. The number of carbonyl (C=O) groups excluding carboxylic acids is 1. The summed E-state index contributed by atoms with van der Waals surface area (Å²) in [4.78, 5) is 14.2. The third kappa shape index (κ3) is 3.60. The Hall–Kier alpha value is -1.36. The first kappa shape index (κ1) is 15.0. The van der Waals surface area contributed by atoms with E-state index in [-0.39, 0.29) is 5.91 Å². The minimum absolute atomic E-state index is 0.0376. The van der Waals surface area contributed by atoms with Gasteiger partial charge in [-0.1, -0.05) is 6.92 Å². The molecule has 0 spiro atoms. The van der Waals surface area contributed by atoms with Crippen LogP contribution in [0, 0.1) is 0 Å². The molecule has 5 nitrogen and oxygen atoms in total. The van der Waals surface area contributed by atoms with Crippen molar-refractivity contribution in [3.63, 3.8) is 0 Å². The molecule has 1 saturated carbocycles. The molecule has 112 valence electrons. The van der Waals surface area contributed by atoms with Crippen LogP contribution in [0.5, 0.6) is 0 Å². The molecule has 1 N–H and O–H groups in total. The van der Waals surface area contributed by atoms with Crippen molar-refractivity contribution in [2.75, 3.05) is 13.6 Å². The number of hydrogen-bond acceptors (Lipinski definition) is 3. The molecule has 1 heterocycles. The number of hydrogen-bond donors (Lipinski definition) is 1. The number of rotatable bonds is 5. The maximum atomic E-state index is 12.3. The fourth-order valence-electron chi connectivity index (χ4n) is 2.89. The van der Waals surface area contributed by atoms with Crippen LogP contribution in [0.2, 0.25) is 0 Å². The van der Waals surface area contributed by atoms with E-state index < -0.39 is 0 Å². The normalized spacial score (nSPS) is 22.8. The van der Waals surface area contributed by atoms with E-state index in [1.165, 1.54) is 6.42 Å². The Morgan fingerprint density at radius 3 is 2.70 bits per heavy atom. The molecule has 0 atom stereocenters. The second kappa shape index (κ2) is 6.88. The Morgan fingerprint density at radius 2 is 2.15 bits per heavy atom. The molecule has 1 amide bonds. The van der Waals surface area contributed by atoms with Crippen molar-refractivity contribution in [2.24, 2.45) is 7.05 Å². The number of nitrogens with zero attached hydrogens (tertiary/aromatic N) is 3. The Kier molecular flexibility index (Phi) is 5.17. The second-order valence-corrected chi connectivity index (χ2v) is 5.75. The monoisotopic (exact) mass is 278 g/mol. The molecule has 0 saturated heterocycles. The summed E-state index contributed by atoms with van der Waals surface area (Å²) < 4.78 is 1.67. The summed E-state index contributed by atoms with van der Waals surface area (Å²) in [6, 6.07) is 2.77. The largest absolute Gasteiger partial charge is 0.337 e. The highest BCUT2D eigenvalue weighted by Gasteiger charge is 2.27. The minimum Gasteiger partial charge on any atom is -0.337 e. The molecule has 1 aromatic heterocycles. The van der Waals surface area contributed by atoms with E-state index in [4.69, 9.17) is 0 Å². The molecular weight excluding hydrogens is 252 g/mol. The zero-order chi connectivity index (χ0) is 14.5. The summed E-state index contributed by atoms with van der Waals surface area (Å²) in [5.41, 5.74) is 0.543. The van der Waals surface area contributed by atoms with Crippen molar-refractivity contribution in [3.8, 4) is 0 Å². The van der Waals surface area contributed by atoms with Gasteiger partial charge in [-0.2, -0.15) is 5.10 Å². The Bertz CT molecular complexity index is 435. The average Bonchev–Trinajstić information content (AvgIpc) is 2.90. The van der Waals surface area contributed by atoms with Gasteiger partial charge >= 0.3 is 0 Å². The van der Waals surface area contributed by atoms with Crippen molar-refractivity contribution in [1.29, 1.82) is 0 Å². The molecule has 0 radical (unpaired) electrons. The van der Waals surface area contributed by atoms with E-state index in [0.29, 0.717) is 17.8 Å². The van der Waals surface area contributed by atoms with Gasteiger partial charge < -0.3 is 10.2 Å². The van der Waals surface area contributed by atoms with E-state index >= 15 is 0 Å². The third-order valence-electron chi connectivity index (χ3n) is 4.18. The van der Waals surface area contributed by atoms with E-state index in [2.05, 4.69) is 17.3 Å². The molecule has 0 aromatic carbocycles. The van der Waals surface area contributed by atoms with Crippen LogP contribution in [0.1, 0.15) is 49.5 Å². The van der Waals surface area contributed by atoms with Gasteiger partial charge in [0.05, 0.1) is 0 Å². The first-order chi connectivity index (χ1) is 9.61. The molecular formula is C15H26N4O. The average molecular weight is 278 g/mol. The van der Waals surface area contributed by atoms with Gasteiger partial charge in [0.25, 0.3) is 5.91 Å². The van der Waals surface area contributed by atoms with Crippen LogP contribution in [0.15, 0.2) is 12.3 Å². The summed E-state index contributed by atoms with van der Waals surface area (Å²) in [5, 5.41) is 7.77. The number of carbonyl (C=O) groups is 1. The lowest BCUT2D eigenvalue weighted by Crippen LogP contribution is -2.43. The maximum Gasteiger partial charge on any atom is 0.274 e. The van der Waals surface area contributed by atoms with Crippen molar-refractivity contribution in [1.82, 2.24) is 20.0 Å². The van der Waals surface area contributed by atoms with Crippen molar-refractivity contribution in [2.45, 2.75) is 51.1 Å². The topological polar surface area (TPSA) is 50.2 Å². The van der Waals surface area contributed by atoms with Gasteiger partial charge in [0, 0.05) is 32.4 Å². The molecule has 1 fully saturated rings. The number of aromatic nitrogens is 2.